The maximum Gasteiger partial charge on any atom is 0.308 e. The van der Waals surface area contributed by atoms with E-state index in [2.05, 4.69) is 5.32 Å². The number of likely N-dealkylation sites (N-methyl/N-ethyl adjacent to an activating group) is 1. The monoisotopic (exact) mass is 276 g/mol. The number of carboxylic acid groups (broad SMARTS) is 1. The van der Waals surface area contributed by atoms with E-state index in [9.17, 15) is 14.7 Å². The topological polar surface area (TPSA) is 69.6 Å². The Labute approximate surface area is 118 Å². The number of anilines is 1. The van der Waals surface area contributed by atoms with Gasteiger partial charge in [-0.1, -0.05) is 18.2 Å². The van der Waals surface area contributed by atoms with Crippen molar-refractivity contribution in [1.29, 1.82) is 0 Å². The van der Waals surface area contributed by atoms with Crippen LogP contribution in [0.25, 0.3) is 0 Å². The van der Waals surface area contributed by atoms with Crippen molar-refractivity contribution in [3.05, 3.63) is 29.8 Å². The maximum absolute atomic E-state index is 12.7. The van der Waals surface area contributed by atoms with Crippen LogP contribution in [-0.4, -0.2) is 36.1 Å². The number of hydrogen-bond donors (Lipinski definition) is 2. The standard InChI is InChI=1S/C15H20N2O3/c1-15(2,16-3)14(20)17-9-11(13(18)19)8-10-6-4-5-7-12(10)17/h4-7,11,16H,8-9H2,1-3H3,(H,18,19). The number of carbonyl (C=O) groups is 2. The molecule has 0 fully saturated rings. The summed E-state index contributed by atoms with van der Waals surface area (Å²) in [6, 6.07) is 7.50. The lowest BCUT2D eigenvalue weighted by Crippen LogP contribution is -2.55. The van der Waals surface area contributed by atoms with E-state index < -0.39 is 17.4 Å². The number of amides is 1. The van der Waals surface area contributed by atoms with E-state index in [1.807, 2.05) is 24.3 Å². The summed E-state index contributed by atoms with van der Waals surface area (Å²) in [5.74, 6) is -1.53. The maximum atomic E-state index is 12.7. The van der Waals surface area contributed by atoms with Gasteiger partial charge in [-0.25, -0.2) is 0 Å². The zero-order valence-electron chi connectivity index (χ0n) is 12.0. The third-order valence-corrected chi connectivity index (χ3v) is 3.91. The van der Waals surface area contributed by atoms with Gasteiger partial charge in [0, 0.05) is 12.2 Å². The van der Waals surface area contributed by atoms with Gasteiger partial charge >= 0.3 is 5.97 Å². The Morgan fingerprint density at radius 3 is 2.60 bits per heavy atom. The van der Waals surface area contributed by atoms with Crippen molar-refractivity contribution < 1.29 is 14.7 Å². The lowest BCUT2D eigenvalue weighted by molar-refractivity contribution is -0.141. The number of carbonyl (C=O) groups excluding carboxylic acids is 1. The molecule has 1 aliphatic rings. The van der Waals surface area contributed by atoms with Gasteiger partial charge in [-0.15, -0.1) is 0 Å². The zero-order chi connectivity index (χ0) is 14.9. The molecule has 5 nitrogen and oxygen atoms in total. The number of fused-ring (bicyclic) bond motifs is 1. The molecule has 0 bridgehead atoms. The number of hydrogen-bond acceptors (Lipinski definition) is 3. The molecule has 1 aromatic carbocycles. The summed E-state index contributed by atoms with van der Waals surface area (Å²) < 4.78 is 0. The van der Waals surface area contributed by atoms with E-state index in [1.54, 1.807) is 25.8 Å². The number of benzene rings is 1. The van der Waals surface area contributed by atoms with Gasteiger partial charge in [-0.05, 0) is 38.9 Å². The van der Waals surface area contributed by atoms with E-state index in [4.69, 9.17) is 0 Å². The summed E-state index contributed by atoms with van der Waals surface area (Å²) in [5.41, 5.74) is 0.998. The molecule has 2 rings (SSSR count). The lowest BCUT2D eigenvalue weighted by Gasteiger charge is -2.37. The summed E-state index contributed by atoms with van der Waals surface area (Å²) in [6.45, 7) is 3.81. The molecule has 0 aliphatic carbocycles. The second-order valence-electron chi connectivity index (χ2n) is 5.66. The van der Waals surface area contributed by atoms with Gasteiger partial charge in [0.15, 0.2) is 0 Å². The van der Waals surface area contributed by atoms with Crippen LogP contribution in [0, 0.1) is 5.92 Å². The Kier molecular flexibility index (Phi) is 3.81. The Hall–Kier alpha value is -1.88. The molecule has 5 heteroatoms. The molecule has 1 unspecified atom stereocenters. The molecule has 2 N–H and O–H groups in total. The lowest BCUT2D eigenvalue weighted by atomic mass is 9.90. The Morgan fingerprint density at radius 2 is 2.00 bits per heavy atom. The number of aliphatic carboxylic acids is 1. The van der Waals surface area contributed by atoms with Gasteiger partial charge in [0.05, 0.1) is 11.5 Å². The van der Waals surface area contributed by atoms with E-state index >= 15 is 0 Å². The molecule has 1 amide bonds. The fourth-order valence-electron chi connectivity index (χ4n) is 2.40. The van der Waals surface area contributed by atoms with Crippen LogP contribution in [0.2, 0.25) is 0 Å². The first-order valence-electron chi connectivity index (χ1n) is 6.68. The Balaban J connectivity index is 2.41. The Morgan fingerprint density at radius 1 is 1.35 bits per heavy atom. The highest BCUT2D eigenvalue weighted by Crippen LogP contribution is 2.31. The fourth-order valence-corrected chi connectivity index (χ4v) is 2.40. The minimum atomic E-state index is -0.862. The van der Waals surface area contributed by atoms with E-state index in [0.29, 0.717) is 6.42 Å². The smallest absolute Gasteiger partial charge is 0.308 e. The molecule has 0 saturated heterocycles. The predicted molar refractivity (Wildman–Crippen MR) is 76.8 cm³/mol. The zero-order valence-corrected chi connectivity index (χ0v) is 12.0. The average Bonchev–Trinajstić information content (AvgIpc) is 2.45. The first kappa shape index (κ1) is 14.5. The molecular weight excluding hydrogens is 256 g/mol. The molecule has 0 saturated carbocycles. The van der Waals surface area contributed by atoms with Gasteiger partial charge < -0.3 is 15.3 Å². The summed E-state index contributed by atoms with van der Waals surface area (Å²) >= 11 is 0. The van der Waals surface area contributed by atoms with Gasteiger partial charge in [-0.3, -0.25) is 9.59 Å². The fraction of sp³-hybridized carbons (Fsp3) is 0.467. The third kappa shape index (κ3) is 2.54. The van der Waals surface area contributed by atoms with Gasteiger partial charge in [0.2, 0.25) is 5.91 Å². The van der Waals surface area contributed by atoms with Crippen molar-refractivity contribution in [2.45, 2.75) is 25.8 Å². The predicted octanol–water partition coefficient (Wildman–Crippen LogP) is 1.27. The Bertz CT molecular complexity index is 540. The molecule has 0 radical (unpaired) electrons. The second kappa shape index (κ2) is 5.25. The van der Waals surface area contributed by atoms with Crippen molar-refractivity contribution in [1.82, 2.24) is 5.32 Å². The number of carboxylic acids is 1. The van der Waals surface area contributed by atoms with Crippen molar-refractivity contribution in [3.8, 4) is 0 Å². The molecular formula is C15H20N2O3. The van der Waals surface area contributed by atoms with Crippen LogP contribution >= 0.6 is 0 Å². The number of nitrogens with zero attached hydrogens (tertiary/aromatic N) is 1. The number of rotatable bonds is 3. The normalized spacial score (nSPS) is 18.6. The van der Waals surface area contributed by atoms with Crippen LogP contribution in [0.3, 0.4) is 0 Å². The molecule has 1 atom stereocenters. The molecule has 20 heavy (non-hydrogen) atoms. The van der Waals surface area contributed by atoms with Crippen LogP contribution < -0.4 is 10.2 Å². The van der Waals surface area contributed by atoms with Crippen LogP contribution in [0.15, 0.2) is 24.3 Å². The van der Waals surface area contributed by atoms with Crippen molar-refractivity contribution in [2.24, 2.45) is 5.92 Å². The summed E-state index contributed by atoms with van der Waals surface area (Å²) in [6.07, 6.45) is 0.468. The quantitative estimate of drug-likeness (QED) is 0.872. The minimum Gasteiger partial charge on any atom is -0.481 e. The van der Waals surface area contributed by atoms with Gasteiger partial charge in [-0.2, -0.15) is 0 Å². The average molecular weight is 276 g/mol. The van der Waals surface area contributed by atoms with Crippen molar-refractivity contribution in [3.63, 3.8) is 0 Å². The molecule has 1 aliphatic heterocycles. The van der Waals surface area contributed by atoms with Gasteiger partial charge in [0.25, 0.3) is 0 Å². The van der Waals surface area contributed by atoms with E-state index in [0.717, 1.165) is 11.3 Å². The van der Waals surface area contributed by atoms with Crippen LogP contribution in [0.4, 0.5) is 5.69 Å². The highest BCUT2D eigenvalue weighted by Gasteiger charge is 2.37. The first-order chi connectivity index (χ1) is 9.36. The summed E-state index contributed by atoms with van der Waals surface area (Å²) in [5, 5.41) is 12.2. The highest BCUT2D eigenvalue weighted by atomic mass is 16.4. The molecule has 0 aromatic heterocycles. The van der Waals surface area contributed by atoms with Gasteiger partial charge in [0.1, 0.15) is 0 Å². The van der Waals surface area contributed by atoms with Crippen molar-refractivity contribution in [2.75, 3.05) is 18.5 Å². The third-order valence-electron chi connectivity index (χ3n) is 3.91. The largest absolute Gasteiger partial charge is 0.481 e. The summed E-state index contributed by atoms with van der Waals surface area (Å²) in [4.78, 5) is 25.5. The van der Waals surface area contributed by atoms with Crippen LogP contribution in [0.5, 0.6) is 0 Å². The summed E-state index contributed by atoms with van der Waals surface area (Å²) in [7, 11) is 1.72. The SMILES string of the molecule is CNC(C)(C)C(=O)N1CC(C(=O)O)Cc2ccccc21. The molecule has 1 aromatic rings. The van der Waals surface area contributed by atoms with Crippen molar-refractivity contribution >= 4 is 17.6 Å². The molecule has 0 spiro atoms. The number of para-hydroxylation sites is 1. The highest BCUT2D eigenvalue weighted by molar-refractivity contribution is 6.01. The number of nitrogens with one attached hydrogen (secondary N) is 1. The molecule has 1 heterocycles. The van der Waals surface area contributed by atoms with Crippen LogP contribution in [-0.2, 0) is 16.0 Å². The molecule has 108 valence electrons. The van der Waals surface area contributed by atoms with E-state index in [-0.39, 0.29) is 12.5 Å². The van der Waals surface area contributed by atoms with E-state index in [1.165, 1.54) is 0 Å². The minimum absolute atomic E-state index is 0.113. The first-order valence-corrected chi connectivity index (χ1v) is 6.68. The van der Waals surface area contributed by atoms with Crippen LogP contribution in [0.1, 0.15) is 19.4 Å². The second-order valence-corrected chi connectivity index (χ2v) is 5.66.